The van der Waals surface area contributed by atoms with Crippen molar-refractivity contribution >= 4 is 33.4 Å². The van der Waals surface area contributed by atoms with Gasteiger partial charge in [0, 0.05) is 37.2 Å². The van der Waals surface area contributed by atoms with Crippen LogP contribution in [0.4, 0.5) is 0 Å². The van der Waals surface area contributed by atoms with Crippen molar-refractivity contribution in [1.29, 1.82) is 0 Å². The smallest absolute Gasteiger partial charge is 0.294 e. The molecule has 3 rings (SSSR count). The summed E-state index contributed by atoms with van der Waals surface area (Å²) in [7, 11) is 1.59. The number of rotatable bonds is 6. The molecule has 0 spiro atoms. The number of carbonyl (C=O) groups is 1. The maximum atomic E-state index is 12.7. The lowest BCUT2D eigenvalue weighted by Crippen LogP contribution is -2.43. The van der Waals surface area contributed by atoms with Gasteiger partial charge < -0.3 is 4.90 Å². The fourth-order valence-corrected chi connectivity index (χ4v) is 3.84. The van der Waals surface area contributed by atoms with Gasteiger partial charge in [-0.3, -0.25) is 19.8 Å². The number of nitro groups is 1. The lowest BCUT2D eigenvalue weighted by atomic mass is 9.89. The van der Waals surface area contributed by atoms with Crippen LogP contribution in [0.1, 0.15) is 30.4 Å². The molecule has 0 fully saturated rings. The first-order valence-corrected chi connectivity index (χ1v) is 10.2. The van der Waals surface area contributed by atoms with Crippen LogP contribution in [0.2, 0.25) is 5.15 Å². The summed E-state index contributed by atoms with van der Waals surface area (Å²) in [6.45, 7) is 2.76. The zero-order valence-electron chi connectivity index (χ0n) is 16.0. The predicted molar refractivity (Wildman–Crippen MR) is 114 cm³/mol. The van der Waals surface area contributed by atoms with Crippen molar-refractivity contribution in [3.05, 3.63) is 85.0 Å². The van der Waals surface area contributed by atoms with Crippen molar-refractivity contribution < 1.29 is 9.72 Å². The van der Waals surface area contributed by atoms with E-state index >= 15 is 0 Å². The minimum absolute atomic E-state index is 0.0261. The van der Waals surface area contributed by atoms with Crippen LogP contribution in [0.5, 0.6) is 0 Å². The highest BCUT2D eigenvalue weighted by molar-refractivity contribution is 9.10. The van der Waals surface area contributed by atoms with Crippen LogP contribution in [0, 0.1) is 10.1 Å². The molecular formula is C20H20BrClN4O3. The van der Waals surface area contributed by atoms with Gasteiger partial charge in [0.05, 0.1) is 10.8 Å². The number of carbonyl (C=O) groups excluding carboxylic acids is 1. The molecule has 1 atom stereocenters. The molecule has 1 aliphatic heterocycles. The van der Waals surface area contributed by atoms with Gasteiger partial charge in [0.25, 0.3) is 5.70 Å². The monoisotopic (exact) mass is 478 g/mol. The normalized spacial score (nSPS) is 16.9. The first-order valence-electron chi connectivity index (χ1n) is 9.07. The first kappa shape index (κ1) is 21.3. The molecule has 2 heterocycles. The Morgan fingerprint density at radius 3 is 2.55 bits per heavy atom. The molecule has 0 radical (unpaired) electrons. The third-order valence-corrected chi connectivity index (χ3v) is 5.69. The number of aromatic nitrogens is 1. The molecule has 0 N–H and O–H groups in total. The van der Waals surface area contributed by atoms with Crippen LogP contribution >= 0.6 is 27.5 Å². The van der Waals surface area contributed by atoms with Crippen LogP contribution < -0.4 is 0 Å². The summed E-state index contributed by atoms with van der Waals surface area (Å²) in [5, 5.41) is 12.5. The summed E-state index contributed by atoms with van der Waals surface area (Å²) in [6, 6.07) is 10.8. The number of pyridine rings is 1. The molecule has 1 unspecified atom stereocenters. The Hall–Kier alpha value is -2.45. The Labute approximate surface area is 182 Å². The van der Waals surface area contributed by atoms with Gasteiger partial charge in [-0.2, -0.15) is 0 Å². The number of hydrogen-bond acceptors (Lipinski definition) is 5. The fourth-order valence-electron chi connectivity index (χ4n) is 3.46. The second-order valence-corrected chi connectivity index (χ2v) is 8.03. The molecule has 1 amide bonds. The molecule has 0 saturated carbocycles. The average Bonchev–Trinajstić information content (AvgIpc) is 2.70. The summed E-state index contributed by atoms with van der Waals surface area (Å²) < 4.78 is 0.873. The van der Waals surface area contributed by atoms with Gasteiger partial charge in [0.1, 0.15) is 5.15 Å². The van der Waals surface area contributed by atoms with Crippen molar-refractivity contribution in [2.24, 2.45) is 0 Å². The minimum Gasteiger partial charge on any atom is -0.348 e. The van der Waals surface area contributed by atoms with Gasteiger partial charge in [-0.1, -0.05) is 45.7 Å². The Bertz CT molecular complexity index is 947. The zero-order valence-corrected chi connectivity index (χ0v) is 18.4. The van der Waals surface area contributed by atoms with Crippen LogP contribution in [0.15, 0.2) is 58.6 Å². The van der Waals surface area contributed by atoms with E-state index in [2.05, 4.69) is 20.9 Å². The van der Waals surface area contributed by atoms with Crippen molar-refractivity contribution in [3.63, 3.8) is 0 Å². The van der Waals surface area contributed by atoms with E-state index in [1.807, 2.05) is 42.2 Å². The molecule has 29 heavy (non-hydrogen) atoms. The Morgan fingerprint density at radius 1 is 1.31 bits per heavy atom. The number of halogens is 2. The Kier molecular flexibility index (Phi) is 6.54. The maximum absolute atomic E-state index is 12.7. The van der Waals surface area contributed by atoms with E-state index in [4.69, 9.17) is 11.6 Å². The number of hydrogen-bond donors (Lipinski definition) is 0. The lowest BCUT2D eigenvalue weighted by molar-refractivity contribution is -0.434. The van der Waals surface area contributed by atoms with E-state index in [0.29, 0.717) is 24.1 Å². The van der Waals surface area contributed by atoms with E-state index in [1.54, 1.807) is 19.3 Å². The number of amides is 1. The quantitative estimate of drug-likeness (QED) is 0.348. The van der Waals surface area contributed by atoms with E-state index in [9.17, 15) is 14.9 Å². The highest BCUT2D eigenvalue weighted by Crippen LogP contribution is 2.38. The van der Waals surface area contributed by atoms with Gasteiger partial charge in [-0.25, -0.2) is 4.98 Å². The van der Waals surface area contributed by atoms with Gasteiger partial charge in [0.2, 0.25) is 5.91 Å². The molecule has 1 aliphatic rings. The van der Waals surface area contributed by atoms with Crippen LogP contribution in [0.25, 0.3) is 0 Å². The molecule has 9 heteroatoms. The van der Waals surface area contributed by atoms with Gasteiger partial charge in [-0.05, 0) is 36.2 Å². The number of benzene rings is 1. The molecule has 1 aromatic heterocycles. The molecule has 152 valence electrons. The summed E-state index contributed by atoms with van der Waals surface area (Å²) in [4.78, 5) is 31.8. The molecule has 2 aromatic rings. The van der Waals surface area contributed by atoms with Crippen LogP contribution in [0.3, 0.4) is 0 Å². The zero-order chi connectivity index (χ0) is 21.1. The first-order chi connectivity index (χ1) is 13.8. The number of allylic oxidation sites excluding steroid dienone is 1. The molecule has 0 aliphatic carbocycles. The Morgan fingerprint density at radius 2 is 2.00 bits per heavy atom. The molecular weight excluding hydrogens is 460 g/mol. The Balaban J connectivity index is 2.09. The summed E-state index contributed by atoms with van der Waals surface area (Å²) in [6.07, 6.45) is 1.69. The highest BCUT2D eigenvalue weighted by atomic mass is 79.9. The van der Waals surface area contributed by atoms with Gasteiger partial charge in [0.15, 0.2) is 5.82 Å². The highest BCUT2D eigenvalue weighted by Gasteiger charge is 2.42. The minimum atomic E-state index is -0.616. The van der Waals surface area contributed by atoms with E-state index in [-0.39, 0.29) is 22.9 Å². The van der Waals surface area contributed by atoms with Gasteiger partial charge in [-0.15, -0.1) is 0 Å². The fraction of sp³-hybridized carbons (Fsp3) is 0.300. The standard InChI is InChI=1S/C20H20BrClN4O3/c1-3-25(12-13-4-9-17(22)23-11-13)20-19(26(28)29)16(10-18(27)24(20)2)14-5-7-15(21)8-6-14/h4-9,11,16H,3,10,12H2,1-2H3. The average molecular weight is 480 g/mol. The van der Waals surface area contributed by atoms with Crippen molar-refractivity contribution in [1.82, 2.24) is 14.8 Å². The largest absolute Gasteiger partial charge is 0.348 e. The van der Waals surface area contributed by atoms with E-state index in [0.717, 1.165) is 15.6 Å². The third-order valence-electron chi connectivity index (χ3n) is 4.94. The third kappa shape index (κ3) is 4.59. The van der Waals surface area contributed by atoms with Crippen molar-refractivity contribution in [2.75, 3.05) is 13.6 Å². The van der Waals surface area contributed by atoms with Crippen LogP contribution in [-0.4, -0.2) is 39.2 Å². The summed E-state index contributed by atoms with van der Waals surface area (Å²) in [5.41, 5.74) is 1.61. The second-order valence-electron chi connectivity index (χ2n) is 6.73. The van der Waals surface area contributed by atoms with Crippen LogP contribution in [-0.2, 0) is 11.3 Å². The van der Waals surface area contributed by atoms with E-state index in [1.165, 1.54) is 4.90 Å². The second kappa shape index (κ2) is 8.92. The topological polar surface area (TPSA) is 79.6 Å². The van der Waals surface area contributed by atoms with Gasteiger partial charge >= 0.3 is 0 Å². The molecule has 1 aromatic carbocycles. The summed E-state index contributed by atoms with van der Waals surface area (Å²) >= 11 is 9.23. The molecule has 0 bridgehead atoms. The SMILES string of the molecule is CCN(Cc1ccc(Cl)nc1)C1=C([N+](=O)[O-])C(c2ccc(Br)cc2)CC(=O)N1C. The van der Waals surface area contributed by atoms with Crippen molar-refractivity contribution in [3.8, 4) is 0 Å². The predicted octanol–water partition coefficient (Wildman–Crippen LogP) is 4.41. The van der Waals surface area contributed by atoms with Crippen molar-refractivity contribution in [2.45, 2.75) is 25.8 Å². The summed E-state index contributed by atoms with van der Waals surface area (Å²) in [5.74, 6) is -0.461. The number of nitrogens with zero attached hydrogens (tertiary/aromatic N) is 4. The maximum Gasteiger partial charge on any atom is 0.294 e. The molecule has 0 saturated heterocycles. The lowest BCUT2D eigenvalue weighted by Gasteiger charge is -2.36. The molecule has 7 nitrogen and oxygen atoms in total. The van der Waals surface area contributed by atoms with E-state index < -0.39 is 5.92 Å².